The van der Waals surface area contributed by atoms with Crippen LogP contribution in [-0.4, -0.2) is 21.1 Å². The molecule has 0 unspecified atom stereocenters. The normalized spacial score (nSPS) is 12.2. The van der Waals surface area contributed by atoms with Crippen LogP contribution in [0.3, 0.4) is 0 Å². The molecule has 4 nitrogen and oxygen atoms in total. The van der Waals surface area contributed by atoms with Crippen LogP contribution in [-0.2, 0) is 4.79 Å². The summed E-state index contributed by atoms with van der Waals surface area (Å²) in [6.07, 6.45) is 1.54. The van der Waals surface area contributed by atoms with Crippen LogP contribution in [0.2, 0.25) is 0 Å². The summed E-state index contributed by atoms with van der Waals surface area (Å²) >= 11 is 3.02. The van der Waals surface area contributed by atoms with Gasteiger partial charge in [0.1, 0.15) is 16.2 Å². The zero-order chi connectivity index (χ0) is 14.7. The maximum atomic E-state index is 12.2. The highest BCUT2D eigenvalue weighted by Crippen LogP contribution is 2.30. The van der Waals surface area contributed by atoms with E-state index in [-0.39, 0.29) is 11.2 Å². The predicted molar refractivity (Wildman–Crippen MR) is 87.8 cm³/mol. The number of thiophene rings is 1. The zero-order valence-electron chi connectivity index (χ0n) is 11.3. The topological polar surface area (TPSA) is 54.9 Å². The van der Waals surface area contributed by atoms with Crippen LogP contribution >= 0.6 is 23.1 Å². The summed E-state index contributed by atoms with van der Waals surface area (Å²) in [4.78, 5) is 21.7. The van der Waals surface area contributed by atoms with Crippen LogP contribution in [0.15, 0.2) is 53.1 Å². The first-order valence-electron chi connectivity index (χ1n) is 6.45. The molecule has 106 valence electrons. The van der Waals surface area contributed by atoms with Gasteiger partial charge in [-0.3, -0.25) is 4.79 Å². The number of anilines is 1. The molecule has 0 saturated carbocycles. The second-order valence-electron chi connectivity index (χ2n) is 4.43. The number of thioether (sulfide) groups is 1. The number of benzene rings is 1. The second-order valence-corrected chi connectivity index (χ2v) is 6.66. The number of nitrogens with one attached hydrogen (secondary N) is 1. The van der Waals surface area contributed by atoms with E-state index in [0.717, 1.165) is 20.9 Å². The number of hydrogen-bond donors (Lipinski definition) is 1. The first-order valence-corrected chi connectivity index (χ1v) is 8.21. The summed E-state index contributed by atoms with van der Waals surface area (Å²) in [6, 6.07) is 11.4. The summed E-state index contributed by atoms with van der Waals surface area (Å²) in [6.45, 7) is 1.88. The summed E-state index contributed by atoms with van der Waals surface area (Å²) in [5, 5.41) is 6.51. The Morgan fingerprint density at radius 1 is 1.24 bits per heavy atom. The molecule has 0 fully saturated rings. The van der Waals surface area contributed by atoms with Gasteiger partial charge in [0.25, 0.3) is 0 Å². The van der Waals surface area contributed by atoms with Crippen molar-refractivity contribution < 1.29 is 4.79 Å². The highest BCUT2D eigenvalue weighted by molar-refractivity contribution is 8.00. The quantitative estimate of drug-likeness (QED) is 0.587. The molecule has 0 spiro atoms. The maximum absolute atomic E-state index is 12.2. The molecule has 1 atom stereocenters. The molecule has 0 aliphatic rings. The van der Waals surface area contributed by atoms with E-state index in [1.54, 1.807) is 17.7 Å². The van der Waals surface area contributed by atoms with Crippen LogP contribution in [0.25, 0.3) is 10.2 Å². The average Bonchev–Trinajstić information content (AvgIpc) is 2.98. The number of rotatable bonds is 4. The third-order valence-electron chi connectivity index (χ3n) is 2.92. The molecular weight excluding hydrogens is 302 g/mol. The van der Waals surface area contributed by atoms with Gasteiger partial charge in [-0.25, -0.2) is 9.97 Å². The van der Waals surface area contributed by atoms with Crippen LogP contribution in [0.1, 0.15) is 6.92 Å². The molecule has 0 saturated heterocycles. The Morgan fingerprint density at radius 2 is 2.05 bits per heavy atom. The highest BCUT2D eigenvalue weighted by Gasteiger charge is 2.17. The van der Waals surface area contributed by atoms with Crippen molar-refractivity contribution in [1.82, 2.24) is 9.97 Å². The molecule has 6 heteroatoms. The number of para-hydroxylation sites is 1. The van der Waals surface area contributed by atoms with E-state index in [4.69, 9.17) is 0 Å². The number of fused-ring (bicyclic) bond motifs is 1. The lowest BCUT2D eigenvalue weighted by atomic mass is 10.3. The van der Waals surface area contributed by atoms with Crippen LogP contribution in [0.5, 0.6) is 0 Å². The number of aromatic nitrogens is 2. The monoisotopic (exact) mass is 315 g/mol. The highest BCUT2D eigenvalue weighted by atomic mass is 32.2. The van der Waals surface area contributed by atoms with Gasteiger partial charge in [-0.05, 0) is 30.5 Å². The summed E-state index contributed by atoms with van der Waals surface area (Å²) in [7, 11) is 0. The molecule has 3 rings (SSSR count). The minimum absolute atomic E-state index is 0.0341. The molecule has 3 aromatic rings. The van der Waals surface area contributed by atoms with Crippen LogP contribution in [0, 0.1) is 0 Å². The van der Waals surface area contributed by atoms with Crippen molar-refractivity contribution in [3.05, 3.63) is 48.1 Å². The Kier molecular flexibility index (Phi) is 4.17. The smallest absolute Gasteiger partial charge is 0.237 e. The Labute approximate surface area is 130 Å². The van der Waals surface area contributed by atoms with Crippen LogP contribution in [0.4, 0.5) is 5.69 Å². The van der Waals surface area contributed by atoms with Gasteiger partial charge in [-0.15, -0.1) is 11.3 Å². The van der Waals surface area contributed by atoms with Crippen molar-refractivity contribution in [1.29, 1.82) is 0 Å². The van der Waals surface area contributed by atoms with Gasteiger partial charge in [0, 0.05) is 11.1 Å². The van der Waals surface area contributed by atoms with E-state index >= 15 is 0 Å². The lowest BCUT2D eigenvalue weighted by Crippen LogP contribution is -2.22. The van der Waals surface area contributed by atoms with Gasteiger partial charge < -0.3 is 5.32 Å². The van der Waals surface area contributed by atoms with Gasteiger partial charge in [-0.1, -0.05) is 30.0 Å². The van der Waals surface area contributed by atoms with Crippen molar-refractivity contribution in [2.75, 3.05) is 5.32 Å². The molecule has 1 N–H and O–H groups in total. The number of hydrogen-bond acceptors (Lipinski definition) is 5. The maximum Gasteiger partial charge on any atom is 0.237 e. The van der Waals surface area contributed by atoms with Crippen molar-refractivity contribution in [2.24, 2.45) is 0 Å². The molecule has 2 heterocycles. The van der Waals surface area contributed by atoms with E-state index in [1.807, 2.05) is 48.7 Å². The van der Waals surface area contributed by atoms with E-state index in [2.05, 4.69) is 15.3 Å². The third kappa shape index (κ3) is 3.22. The van der Waals surface area contributed by atoms with Crippen LogP contribution < -0.4 is 5.32 Å². The molecule has 0 radical (unpaired) electrons. The Hall–Kier alpha value is -1.92. The van der Waals surface area contributed by atoms with Gasteiger partial charge in [0.2, 0.25) is 5.91 Å². The summed E-state index contributed by atoms with van der Waals surface area (Å²) in [5.41, 5.74) is 0.804. The third-order valence-corrected chi connectivity index (χ3v) is 4.86. The van der Waals surface area contributed by atoms with Crippen molar-refractivity contribution in [3.8, 4) is 0 Å². The van der Waals surface area contributed by atoms with Gasteiger partial charge >= 0.3 is 0 Å². The fraction of sp³-hybridized carbons (Fsp3) is 0.133. The number of amides is 1. The molecule has 1 aromatic carbocycles. The lowest BCUT2D eigenvalue weighted by molar-refractivity contribution is -0.115. The fourth-order valence-corrected chi connectivity index (χ4v) is 3.55. The minimum Gasteiger partial charge on any atom is -0.325 e. The van der Waals surface area contributed by atoms with E-state index in [9.17, 15) is 4.79 Å². The zero-order valence-corrected chi connectivity index (χ0v) is 12.9. The van der Waals surface area contributed by atoms with Gasteiger partial charge in [-0.2, -0.15) is 0 Å². The van der Waals surface area contributed by atoms with E-state index in [1.165, 1.54) is 11.8 Å². The minimum atomic E-state index is -0.233. The first kappa shape index (κ1) is 14.0. The molecule has 21 heavy (non-hydrogen) atoms. The Morgan fingerprint density at radius 3 is 2.86 bits per heavy atom. The standard InChI is InChI=1S/C15H13N3OS2/c1-10(13(19)18-11-5-3-2-4-6-11)21-15-12-7-8-20-14(12)16-9-17-15/h2-10H,1H3,(H,18,19)/t10-/m1/s1. The second kappa shape index (κ2) is 6.24. The number of carbonyl (C=O) groups is 1. The number of carbonyl (C=O) groups excluding carboxylic acids is 1. The lowest BCUT2D eigenvalue weighted by Gasteiger charge is -2.11. The van der Waals surface area contributed by atoms with Gasteiger partial charge in [0.15, 0.2) is 0 Å². The van der Waals surface area contributed by atoms with Crippen molar-refractivity contribution in [2.45, 2.75) is 17.2 Å². The summed E-state index contributed by atoms with van der Waals surface area (Å²) in [5.74, 6) is -0.0341. The van der Waals surface area contributed by atoms with Crippen molar-refractivity contribution in [3.63, 3.8) is 0 Å². The van der Waals surface area contributed by atoms with E-state index < -0.39 is 0 Å². The molecule has 1 amide bonds. The molecule has 0 aliphatic carbocycles. The summed E-state index contributed by atoms with van der Waals surface area (Å²) < 4.78 is 0. The molecule has 0 aliphatic heterocycles. The van der Waals surface area contributed by atoms with Gasteiger partial charge in [0.05, 0.1) is 5.25 Å². The Balaban J connectivity index is 1.72. The molecule has 0 bridgehead atoms. The molecule has 2 aromatic heterocycles. The largest absolute Gasteiger partial charge is 0.325 e. The van der Waals surface area contributed by atoms with Crippen molar-refractivity contribution >= 4 is 44.9 Å². The molecular formula is C15H13N3OS2. The SMILES string of the molecule is C[C@@H](Sc1ncnc2sccc12)C(=O)Nc1ccccc1. The fourth-order valence-electron chi connectivity index (χ4n) is 1.85. The average molecular weight is 315 g/mol. The number of nitrogens with zero attached hydrogens (tertiary/aromatic N) is 2. The predicted octanol–water partition coefficient (Wildman–Crippen LogP) is 3.81. The first-order chi connectivity index (χ1) is 10.2. The van der Waals surface area contributed by atoms with E-state index in [0.29, 0.717) is 0 Å². The Bertz CT molecular complexity index is 758.